The predicted octanol–water partition coefficient (Wildman–Crippen LogP) is 1.68. The minimum absolute atomic E-state index is 0.149. The number of sulfonamides is 1. The third-order valence-electron chi connectivity index (χ3n) is 1.83. The van der Waals surface area contributed by atoms with Crippen molar-refractivity contribution in [2.75, 3.05) is 4.72 Å². The van der Waals surface area contributed by atoms with Gasteiger partial charge in [0.15, 0.2) is 0 Å². The molecule has 0 fully saturated rings. The van der Waals surface area contributed by atoms with Gasteiger partial charge in [0, 0.05) is 6.07 Å². The number of hydrogen-bond donors (Lipinski definition) is 2. The van der Waals surface area contributed by atoms with Crippen LogP contribution in [0.2, 0.25) is 0 Å². The molecule has 0 spiro atoms. The van der Waals surface area contributed by atoms with E-state index in [4.69, 9.17) is 0 Å². The Morgan fingerprint density at radius 1 is 1.40 bits per heavy atom. The van der Waals surface area contributed by atoms with E-state index in [9.17, 15) is 17.9 Å². The molecule has 0 aliphatic heterocycles. The summed E-state index contributed by atoms with van der Waals surface area (Å²) in [5.74, 6) is -0.921. The molecule has 6 heteroatoms. The molecule has 0 amide bonds. The van der Waals surface area contributed by atoms with Crippen molar-refractivity contribution >= 4 is 15.7 Å². The minimum Gasteiger partial charge on any atom is -0.506 e. The van der Waals surface area contributed by atoms with Crippen molar-refractivity contribution in [3.8, 4) is 5.75 Å². The van der Waals surface area contributed by atoms with Crippen LogP contribution in [0.5, 0.6) is 5.75 Å². The summed E-state index contributed by atoms with van der Waals surface area (Å²) in [6.07, 6.45) is 0. The van der Waals surface area contributed by atoms with Gasteiger partial charge in [0.25, 0.3) is 0 Å². The molecule has 0 bridgehead atoms. The smallest absolute Gasteiger partial charge is 0.235 e. The Labute approximate surface area is 87.8 Å². The number of benzene rings is 1. The van der Waals surface area contributed by atoms with Gasteiger partial charge in [0.05, 0.1) is 10.9 Å². The molecule has 0 atom stereocenters. The van der Waals surface area contributed by atoms with E-state index in [1.165, 1.54) is 13.8 Å². The van der Waals surface area contributed by atoms with Crippen LogP contribution >= 0.6 is 0 Å². The monoisotopic (exact) mass is 233 g/mol. The summed E-state index contributed by atoms with van der Waals surface area (Å²) >= 11 is 0. The first-order valence-corrected chi connectivity index (χ1v) is 5.87. The van der Waals surface area contributed by atoms with Gasteiger partial charge < -0.3 is 5.11 Å². The van der Waals surface area contributed by atoms with E-state index in [1.807, 2.05) is 0 Å². The summed E-state index contributed by atoms with van der Waals surface area (Å²) in [6, 6.07) is 3.06. The second-order valence-electron chi connectivity index (χ2n) is 3.36. The zero-order chi connectivity index (χ0) is 11.6. The lowest BCUT2D eigenvalue weighted by Gasteiger charge is -2.11. The molecule has 4 nitrogen and oxygen atoms in total. The lowest BCUT2D eigenvalue weighted by molar-refractivity contribution is 0.475. The Kier molecular flexibility index (Phi) is 3.18. The molecule has 84 valence electrons. The molecule has 0 saturated carbocycles. The van der Waals surface area contributed by atoms with Crippen LogP contribution in [-0.4, -0.2) is 18.8 Å². The SMILES string of the molecule is CC(C)S(=O)(=O)Nc1cc(F)ccc1O. The third-order valence-corrected chi connectivity index (χ3v) is 3.58. The van der Waals surface area contributed by atoms with Gasteiger partial charge in [0.2, 0.25) is 10.0 Å². The molecule has 0 radical (unpaired) electrons. The topological polar surface area (TPSA) is 66.4 Å². The van der Waals surface area contributed by atoms with Gasteiger partial charge in [-0.3, -0.25) is 4.72 Å². The van der Waals surface area contributed by atoms with Crippen molar-refractivity contribution in [1.82, 2.24) is 0 Å². The summed E-state index contributed by atoms with van der Waals surface area (Å²) in [6.45, 7) is 2.97. The Morgan fingerprint density at radius 3 is 2.53 bits per heavy atom. The molecule has 0 aromatic heterocycles. The average Bonchev–Trinajstić information content (AvgIpc) is 2.10. The van der Waals surface area contributed by atoms with Crippen molar-refractivity contribution in [2.45, 2.75) is 19.1 Å². The first-order chi connectivity index (χ1) is 6.83. The number of nitrogens with one attached hydrogen (secondary N) is 1. The van der Waals surface area contributed by atoms with Gasteiger partial charge in [-0.15, -0.1) is 0 Å². The third kappa shape index (κ3) is 2.82. The first kappa shape index (κ1) is 11.8. The second-order valence-corrected chi connectivity index (χ2v) is 5.59. The van der Waals surface area contributed by atoms with Gasteiger partial charge >= 0.3 is 0 Å². The zero-order valence-electron chi connectivity index (χ0n) is 8.36. The average molecular weight is 233 g/mol. The molecule has 0 unspecified atom stereocenters. The highest BCUT2D eigenvalue weighted by Gasteiger charge is 2.17. The Morgan fingerprint density at radius 2 is 2.00 bits per heavy atom. The number of phenolic OH excluding ortho intramolecular Hbond substituents is 1. The second kappa shape index (κ2) is 4.06. The van der Waals surface area contributed by atoms with Crippen molar-refractivity contribution in [3.63, 3.8) is 0 Å². The molecule has 0 heterocycles. The van der Waals surface area contributed by atoms with Crippen LogP contribution in [0.4, 0.5) is 10.1 Å². The van der Waals surface area contributed by atoms with Crippen LogP contribution in [0.15, 0.2) is 18.2 Å². The number of rotatable bonds is 3. The fraction of sp³-hybridized carbons (Fsp3) is 0.333. The molecular weight excluding hydrogens is 221 g/mol. The standard InChI is InChI=1S/C9H12FNO3S/c1-6(2)15(13,14)11-8-5-7(10)3-4-9(8)12/h3-6,11-12H,1-2H3. The highest BCUT2D eigenvalue weighted by atomic mass is 32.2. The van der Waals surface area contributed by atoms with E-state index >= 15 is 0 Å². The largest absolute Gasteiger partial charge is 0.506 e. The van der Waals surface area contributed by atoms with E-state index < -0.39 is 21.1 Å². The molecular formula is C9H12FNO3S. The van der Waals surface area contributed by atoms with Gasteiger partial charge in [-0.25, -0.2) is 12.8 Å². The highest BCUT2D eigenvalue weighted by Crippen LogP contribution is 2.25. The quantitative estimate of drug-likeness (QED) is 0.780. The summed E-state index contributed by atoms with van der Waals surface area (Å²) in [4.78, 5) is 0. The normalized spacial score (nSPS) is 11.7. The summed E-state index contributed by atoms with van der Waals surface area (Å²) < 4.78 is 37.7. The maximum atomic E-state index is 12.8. The van der Waals surface area contributed by atoms with Crippen molar-refractivity contribution in [1.29, 1.82) is 0 Å². The van der Waals surface area contributed by atoms with E-state index in [1.54, 1.807) is 0 Å². The van der Waals surface area contributed by atoms with Crippen LogP contribution < -0.4 is 4.72 Å². The summed E-state index contributed by atoms with van der Waals surface area (Å²) in [5, 5.41) is 8.63. The molecule has 2 N–H and O–H groups in total. The number of hydrogen-bond acceptors (Lipinski definition) is 3. The maximum absolute atomic E-state index is 12.8. The fourth-order valence-electron chi connectivity index (χ4n) is 0.861. The lowest BCUT2D eigenvalue weighted by Crippen LogP contribution is -2.22. The predicted molar refractivity (Wildman–Crippen MR) is 55.7 cm³/mol. The first-order valence-electron chi connectivity index (χ1n) is 4.33. The molecule has 0 aliphatic rings. The number of aromatic hydroxyl groups is 1. The van der Waals surface area contributed by atoms with E-state index in [2.05, 4.69) is 4.72 Å². The van der Waals surface area contributed by atoms with E-state index in [0.717, 1.165) is 18.2 Å². The fourth-order valence-corrected chi connectivity index (χ4v) is 1.57. The van der Waals surface area contributed by atoms with Crippen LogP contribution in [-0.2, 0) is 10.0 Å². The van der Waals surface area contributed by atoms with Gasteiger partial charge in [-0.1, -0.05) is 0 Å². The van der Waals surface area contributed by atoms with E-state index in [-0.39, 0.29) is 11.4 Å². The van der Waals surface area contributed by atoms with Crippen LogP contribution in [0.3, 0.4) is 0 Å². The van der Waals surface area contributed by atoms with Gasteiger partial charge in [-0.05, 0) is 26.0 Å². The molecule has 1 aromatic carbocycles. The zero-order valence-corrected chi connectivity index (χ0v) is 9.18. The number of phenols is 1. The van der Waals surface area contributed by atoms with Crippen LogP contribution in [0.1, 0.15) is 13.8 Å². The number of anilines is 1. The number of halogens is 1. The van der Waals surface area contributed by atoms with Gasteiger partial charge in [0.1, 0.15) is 11.6 Å². The molecule has 0 aliphatic carbocycles. The minimum atomic E-state index is -3.57. The van der Waals surface area contributed by atoms with Crippen molar-refractivity contribution < 1.29 is 17.9 Å². The molecule has 1 aromatic rings. The van der Waals surface area contributed by atoms with Crippen molar-refractivity contribution in [3.05, 3.63) is 24.0 Å². The van der Waals surface area contributed by atoms with Gasteiger partial charge in [-0.2, -0.15) is 0 Å². The summed E-state index contributed by atoms with van der Waals surface area (Å²) in [7, 11) is -3.57. The molecule has 15 heavy (non-hydrogen) atoms. The van der Waals surface area contributed by atoms with Crippen LogP contribution in [0, 0.1) is 5.82 Å². The lowest BCUT2D eigenvalue weighted by atomic mass is 10.3. The maximum Gasteiger partial charge on any atom is 0.235 e. The molecule has 1 rings (SSSR count). The molecule has 0 saturated heterocycles. The Balaban J connectivity index is 3.05. The Bertz CT molecular complexity index is 456. The Hall–Kier alpha value is -1.30. The summed E-state index contributed by atoms with van der Waals surface area (Å²) in [5.41, 5.74) is -0.149. The van der Waals surface area contributed by atoms with Crippen molar-refractivity contribution in [2.24, 2.45) is 0 Å². The van der Waals surface area contributed by atoms with Crippen LogP contribution in [0.25, 0.3) is 0 Å². The highest BCUT2D eigenvalue weighted by molar-refractivity contribution is 7.93. The van der Waals surface area contributed by atoms with E-state index in [0.29, 0.717) is 0 Å².